The second kappa shape index (κ2) is 3.51. The number of benzene rings is 1. The van der Waals surface area contributed by atoms with E-state index in [4.69, 9.17) is 0 Å². The smallest absolute Gasteiger partial charge is 0.0175 e. The highest BCUT2D eigenvalue weighted by Crippen LogP contribution is 2.48. The molecule has 2 unspecified atom stereocenters. The van der Waals surface area contributed by atoms with Gasteiger partial charge in [-0.05, 0) is 36.0 Å². The van der Waals surface area contributed by atoms with Crippen LogP contribution in [0.1, 0.15) is 17.9 Å². The molecule has 0 aromatic heterocycles. The third kappa shape index (κ3) is 1.74. The molecule has 0 radical (unpaired) electrons. The summed E-state index contributed by atoms with van der Waals surface area (Å²) < 4.78 is 1.17. The van der Waals surface area contributed by atoms with Crippen molar-refractivity contribution < 1.29 is 0 Å². The van der Waals surface area contributed by atoms with Crippen LogP contribution in [-0.4, -0.2) is 5.33 Å². The number of hydrogen-bond donors (Lipinski definition) is 0. The molecular formula is C10H10Br2. The molecule has 12 heavy (non-hydrogen) atoms. The molecule has 0 aliphatic heterocycles. The topological polar surface area (TPSA) is 0 Å². The zero-order chi connectivity index (χ0) is 8.55. The first-order chi connectivity index (χ1) is 5.81. The van der Waals surface area contributed by atoms with Gasteiger partial charge in [-0.2, -0.15) is 0 Å². The van der Waals surface area contributed by atoms with E-state index in [1.165, 1.54) is 16.5 Å². The lowest BCUT2D eigenvalue weighted by molar-refractivity contribution is 0.936. The lowest BCUT2D eigenvalue weighted by Gasteiger charge is -1.98. The summed E-state index contributed by atoms with van der Waals surface area (Å²) in [7, 11) is 0. The molecule has 2 heteroatoms. The maximum absolute atomic E-state index is 3.52. The first-order valence-corrected chi connectivity index (χ1v) is 6.04. The van der Waals surface area contributed by atoms with E-state index in [1.54, 1.807) is 0 Å². The second-order valence-electron chi connectivity index (χ2n) is 3.31. The standard InChI is InChI=1S/C10H10Br2/c11-6-8-5-10(8)7-1-3-9(12)4-2-7/h1-4,8,10H,5-6H2. The fourth-order valence-corrected chi connectivity index (χ4v) is 2.52. The monoisotopic (exact) mass is 288 g/mol. The number of halogens is 2. The van der Waals surface area contributed by atoms with Gasteiger partial charge in [-0.25, -0.2) is 0 Å². The Morgan fingerprint density at radius 2 is 1.92 bits per heavy atom. The van der Waals surface area contributed by atoms with Crippen molar-refractivity contribution in [2.45, 2.75) is 12.3 Å². The predicted octanol–water partition coefficient (Wildman–Crippen LogP) is 3.95. The normalized spacial score (nSPS) is 27.2. The van der Waals surface area contributed by atoms with E-state index in [1.807, 2.05) is 0 Å². The molecule has 0 amide bonds. The summed E-state index contributed by atoms with van der Waals surface area (Å²) in [6.07, 6.45) is 1.35. The molecule has 1 aliphatic rings. The third-order valence-electron chi connectivity index (χ3n) is 2.42. The average Bonchev–Trinajstić information content (AvgIpc) is 2.85. The van der Waals surface area contributed by atoms with Gasteiger partial charge in [-0.3, -0.25) is 0 Å². The van der Waals surface area contributed by atoms with Crippen molar-refractivity contribution in [3.8, 4) is 0 Å². The molecule has 1 fully saturated rings. The van der Waals surface area contributed by atoms with Gasteiger partial charge in [0, 0.05) is 9.80 Å². The molecule has 1 aliphatic carbocycles. The summed E-state index contributed by atoms with van der Waals surface area (Å²) in [5, 5.41) is 1.15. The van der Waals surface area contributed by atoms with Crippen LogP contribution in [0.2, 0.25) is 0 Å². The Bertz CT molecular complexity index is 266. The molecular weight excluding hydrogens is 280 g/mol. The Morgan fingerprint density at radius 3 is 2.42 bits per heavy atom. The van der Waals surface area contributed by atoms with Crippen molar-refractivity contribution in [1.82, 2.24) is 0 Å². The summed E-state index contributed by atoms with van der Waals surface area (Å²) >= 11 is 6.96. The fourth-order valence-electron chi connectivity index (χ4n) is 1.54. The van der Waals surface area contributed by atoms with Crippen LogP contribution in [-0.2, 0) is 0 Å². The van der Waals surface area contributed by atoms with Gasteiger partial charge in [-0.1, -0.05) is 44.0 Å². The minimum atomic E-state index is 0.817. The highest BCUT2D eigenvalue weighted by Gasteiger charge is 2.36. The summed E-state index contributed by atoms with van der Waals surface area (Å²) in [4.78, 5) is 0. The molecule has 0 saturated heterocycles. The van der Waals surface area contributed by atoms with E-state index >= 15 is 0 Å². The molecule has 0 bridgehead atoms. The van der Waals surface area contributed by atoms with Crippen molar-refractivity contribution in [3.05, 3.63) is 34.3 Å². The zero-order valence-electron chi connectivity index (χ0n) is 6.63. The van der Waals surface area contributed by atoms with Crippen LogP contribution in [0.25, 0.3) is 0 Å². The Morgan fingerprint density at radius 1 is 1.25 bits per heavy atom. The van der Waals surface area contributed by atoms with Gasteiger partial charge < -0.3 is 0 Å². The van der Waals surface area contributed by atoms with Crippen LogP contribution in [0.15, 0.2) is 28.7 Å². The van der Waals surface area contributed by atoms with E-state index in [-0.39, 0.29) is 0 Å². The molecule has 2 rings (SSSR count). The van der Waals surface area contributed by atoms with Crippen molar-refractivity contribution in [2.24, 2.45) is 5.92 Å². The average molecular weight is 290 g/mol. The molecule has 1 aromatic carbocycles. The minimum Gasteiger partial charge on any atom is -0.0925 e. The molecule has 2 atom stereocenters. The zero-order valence-corrected chi connectivity index (χ0v) is 9.81. The number of alkyl halides is 1. The maximum atomic E-state index is 3.52. The van der Waals surface area contributed by atoms with Crippen LogP contribution in [0.4, 0.5) is 0 Å². The van der Waals surface area contributed by atoms with Crippen molar-refractivity contribution in [2.75, 3.05) is 5.33 Å². The predicted molar refractivity (Wildman–Crippen MR) is 58.8 cm³/mol. The molecule has 1 saturated carbocycles. The SMILES string of the molecule is BrCC1CC1c1ccc(Br)cc1. The Kier molecular flexibility index (Phi) is 2.56. The van der Waals surface area contributed by atoms with E-state index in [9.17, 15) is 0 Å². The summed E-state index contributed by atoms with van der Waals surface area (Å²) in [5.74, 6) is 1.70. The Hall–Kier alpha value is 0.180. The highest BCUT2D eigenvalue weighted by molar-refractivity contribution is 9.10. The largest absolute Gasteiger partial charge is 0.0925 e. The van der Waals surface area contributed by atoms with E-state index < -0.39 is 0 Å². The molecule has 0 nitrogen and oxygen atoms in total. The van der Waals surface area contributed by atoms with Crippen LogP contribution >= 0.6 is 31.9 Å². The van der Waals surface area contributed by atoms with Crippen LogP contribution in [0, 0.1) is 5.92 Å². The molecule has 0 heterocycles. The molecule has 64 valence electrons. The first-order valence-electron chi connectivity index (χ1n) is 4.12. The maximum Gasteiger partial charge on any atom is 0.0175 e. The fraction of sp³-hybridized carbons (Fsp3) is 0.400. The van der Waals surface area contributed by atoms with Crippen molar-refractivity contribution in [3.63, 3.8) is 0 Å². The second-order valence-corrected chi connectivity index (χ2v) is 4.87. The van der Waals surface area contributed by atoms with Gasteiger partial charge >= 0.3 is 0 Å². The highest BCUT2D eigenvalue weighted by atomic mass is 79.9. The number of rotatable bonds is 2. The summed E-state index contributed by atoms with van der Waals surface area (Å²) in [5.41, 5.74) is 1.49. The number of hydrogen-bond acceptors (Lipinski definition) is 0. The van der Waals surface area contributed by atoms with Gasteiger partial charge in [0.15, 0.2) is 0 Å². The van der Waals surface area contributed by atoms with Gasteiger partial charge in [0.05, 0.1) is 0 Å². The van der Waals surface area contributed by atoms with Crippen molar-refractivity contribution >= 4 is 31.9 Å². The molecule has 0 N–H and O–H groups in total. The Labute approximate surface area is 89.6 Å². The summed E-state index contributed by atoms with van der Waals surface area (Å²) in [6, 6.07) is 8.69. The van der Waals surface area contributed by atoms with Gasteiger partial charge in [-0.15, -0.1) is 0 Å². The Balaban J connectivity index is 2.10. The van der Waals surface area contributed by atoms with Gasteiger partial charge in [0.25, 0.3) is 0 Å². The lowest BCUT2D eigenvalue weighted by Crippen LogP contribution is -1.83. The van der Waals surface area contributed by atoms with Crippen LogP contribution < -0.4 is 0 Å². The van der Waals surface area contributed by atoms with Gasteiger partial charge in [0.2, 0.25) is 0 Å². The third-order valence-corrected chi connectivity index (χ3v) is 3.78. The summed E-state index contributed by atoms with van der Waals surface area (Å²) in [6.45, 7) is 0. The quantitative estimate of drug-likeness (QED) is 0.723. The van der Waals surface area contributed by atoms with E-state index in [0.29, 0.717) is 0 Å². The lowest BCUT2D eigenvalue weighted by atomic mass is 10.1. The van der Waals surface area contributed by atoms with E-state index in [2.05, 4.69) is 56.1 Å². The van der Waals surface area contributed by atoms with Crippen LogP contribution in [0.5, 0.6) is 0 Å². The van der Waals surface area contributed by atoms with Crippen LogP contribution in [0.3, 0.4) is 0 Å². The van der Waals surface area contributed by atoms with E-state index in [0.717, 1.165) is 17.2 Å². The molecule has 0 spiro atoms. The minimum absolute atomic E-state index is 0.817. The van der Waals surface area contributed by atoms with Crippen molar-refractivity contribution in [1.29, 1.82) is 0 Å². The van der Waals surface area contributed by atoms with Gasteiger partial charge in [0.1, 0.15) is 0 Å². The molecule has 1 aromatic rings. The first kappa shape index (κ1) is 8.76.